The monoisotopic (exact) mass is 440 g/mol. The molecule has 0 aliphatic carbocycles. The van der Waals surface area contributed by atoms with Gasteiger partial charge in [0, 0.05) is 6.20 Å². The van der Waals surface area contributed by atoms with Crippen molar-refractivity contribution in [2.45, 2.75) is 13.0 Å². The van der Waals surface area contributed by atoms with Gasteiger partial charge >= 0.3 is 0 Å². The fourth-order valence-corrected chi connectivity index (χ4v) is 3.35. The minimum atomic E-state index is -0.740. The van der Waals surface area contributed by atoms with Crippen LogP contribution in [0.3, 0.4) is 0 Å². The number of hydrogen-bond donors (Lipinski definition) is 4. The van der Waals surface area contributed by atoms with Gasteiger partial charge in [0.05, 0.1) is 33.9 Å². The van der Waals surface area contributed by atoms with Gasteiger partial charge in [-0.05, 0) is 19.1 Å². The maximum absolute atomic E-state index is 14.0. The Balaban J connectivity index is 1.94. The first-order valence-electron chi connectivity index (χ1n) is 8.81. The average molecular weight is 441 g/mol. The van der Waals surface area contributed by atoms with Crippen molar-refractivity contribution >= 4 is 40.1 Å². The molecule has 3 aromatic heterocycles. The third kappa shape index (κ3) is 3.36. The number of nitrogens with two attached hydrogens (primary N) is 2. The molecule has 0 aliphatic rings. The Bertz CT molecular complexity index is 1410. The van der Waals surface area contributed by atoms with E-state index in [9.17, 15) is 14.4 Å². The number of fused-ring (bicyclic) bond motifs is 1. The molecule has 0 saturated carbocycles. The van der Waals surface area contributed by atoms with Gasteiger partial charge in [0.15, 0.2) is 5.82 Å². The summed E-state index contributed by atoms with van der Waals surface area (Å²) in [6, 6.07) is 3.71. The fourth-order valence-electron chi connectivity index (χ4n) is 3.11. The van der Waals surface area contributed by atoms with E-state index in [0.717, 1.165) is 6.07 Å². The second-order valence-corrected chi connectivity index (χ2v) is 6.87. The Labute approximate surface area is 178 Å². The Morgan fingerprint density at radius 2 is 2.10 bits per heavy atom. The minimum Gasteiger partial charge on any atom is -0.382 e. The van der Waals surface area contributed by atoms with E-state index in [0.29, 0.717) is 5.69 Å². The Morgan fingerprint density at radius 1 is 1.32 bits per heavy atom. The molecule has 1 unspecified atom stereocenters. The zero-order valence-electron chi connectivity index (χ0n) is 15.9. The molecule has 1 atom stereocenters. The summed E-state index contributed by atoms with van der Waals surface area (Å²) >= 11 is 6.05. The van der Waals surface area contributed by atoms with Crippen molar-refractivity contribution in [3.63, 3.8) is 0 Å². The molecule has 0 bridgehead atoms. The van der Waals surface area contributed by atoms with Crippen LogP contribution in [0.25, 0.3) is 16.6 Å². The van der Waals surface area contributed by atoms with Crippen molar-refractivity contribution in [1.29, 1.82) is 5.26 Å². The van der Waals surface area contributed by atoms with E-state index < -0.39 is 17.4 Å². The van der Waals surface area contributed by atoms with Gasteiger partial charge in [0.1, 0.15) is 29.1 Å². The van der Waals surface area contributed by atoms with Crippen LogP contribution >= 0.6 is 11.6 Å². The maximum atomic E-state index is 14.0. The highest BCUT2D eigenvalue weighted by atomic mass is 35.5. The first kappa shape index (κ1) is 20.0. The lowest BCUT2D eigenvalue weighted by Gasteiger charge is -2.20. The summed E-state index contributed by atoms with van der Waals surface area (Å²) in [6.07, 6.45) is 2.87. The van der Waals surface area contributed by atoms with Gasteiger partial charge in [-0.1, -0.05) is 11.6 Å². The van der Waals surface area contributed by atoms with Crippen molar-refractivity contribution in [2.75, 3.05) is 16.8 Å². The summed E-state index contributed by atoms with van der Waals surface area (Å²) in [7, 11) is 0. The number of nitrogens with zero attached hydrogens (tertiary/aromatic N) is 6. The molecule has 0 fully saturated rings. The molecule has 13 heteroatoms. The van der Waals surface area contributed by atoms with E-state index in [4.69, 9.17) is 23.1 Å². The van der Waals surface area contributed by atoms with Gasteiger partial charge in [-0.2, -0.15) is 20.3 Å². The Morgan fingerprint density at radius 3 is 2.77 bits per heavy atom. The maximum Gasteiger partial charge on any atom is 0.267 e. The van der Waals surface area contributed by atoms with Crippen LogP contribution in [0.2, 0.25) is 5.02 Å². The largest absolute Gasteiger partial charge is 0.382 e. The summed E-state index contributed by atoms with van der Waals surface area (Å²) < 4.78 is 15.2. The Hall–Kier alpha value is -4.24. The second-order valence-electron chi connectivity index (χ2n) is 6.49. The van der Waals surface area contributed by atoms with Crippen LogP contribution in [-0.2, 0) is 0 Å². The molecule has 11 nitrogen and oxygen atoms in total. The zero-order chi connectivity index (χ0) is 22.3. The summed E-state index contributed by atoms with van der Waals surface area (Å²) in [5, 5.41) is 18.4. The lowest BCUT2D eigenvalue weighted by molar-refractivity contribution is 0.629. The van der Waals surface area contributed by atoms with Crippen molar-refractivity contribution in [2.24, 2.45) is 0 Å². The number of nitrogen functional groups attached to an aromatic ring is 2. The molecule has 156 valence electrons. The topological polar surface area (TPSA) is 177 Å². The van der Waals surface area contributed by atoms with Crippen LogP contribution in [0.15, 0.2) is 29.3 Å². The number of nitrogens with one attached hydrogen (secondary N) is 2. The van der Waals surface area contributed by atoms with E-state index in [2.05, 4.69) is 30.5 Å². The van der Waals surface area contributed by atoms with Crippen LogP contribution < -0.4 is 22.3 Å². The zero-order valence-corrected chi connectivity index (χ0v) is 16.6. The number of benzene rings is 1. The predicted octanol–water partition coefficient (Wildman–Crippen LogP) is 1.90. The molecule has 4 aromatic rings. The number of anilines is 3. The number of aromatic nitrogens is 6. The molecule has 0 saturated heterocycles. The third-order valence-corrected chi connectivity index (χ3v) is 4.87. The van der Waals surface area contributed by atoms with E-state index >= 15 is 0 Å². The summed E-state index contributed by atoms with van der Waals surface area (Å²) in [5.41, 5.74) is 11.3. The summed E-state index contributed by atoms with van der Waals surface area (Å²) in [6.45, 7) is 1.69. The van der Waals surface area contributed by atoms with Gasteiger partial charge in [-0.25, -0.2) is 9.37 Å². The first-order valence-corrected chi connectivity index (χ1v) is 9.19. The molecule has 31 heavy (non-hydrogen) atoms. The van der Waals surface area contributed by atoms with Crippen LogP contribution in [-0.4, -0.2) is 29.7 Å². The number of halogens is 2. The SMILES string of the molecule is CC(Nc1nc(N)nc(N)c1C#N)c1nc2ccc(F)c(Cl)c2c(=O)n1-c1cn[nH]c1. The minimum absolute atomic E-state index is 0.0100. The molecule has 0 radical (unpaired) electrons. The van der Waals surface area contributed by atoms with Crippen molar-refractivity contribution < 1.29 is 4.39 Å². The predicted molar refractivity (Wildman–Crippen MR) is 112 cm³/mol. The quantitative estimate of drug-likeness (QED) is 0.368. The van der Waals surface area contributed by atoms with Gasteiger partial charge in [0.25, 0.3) is 5.56 Å². The van der Waals surface area contributed by atoms with Gasteiger partial charge in [0.2, 0.25) is 5.95 Å². The average Bonchev–Trinajstić information content (AvgIpc) is 3.24. The van der Waals surface area contributed by atoms with E-state index in [-0.39, 0.29) is 44.9 Å². The smallest absolute Gasteiger partial charge is 0.267 e. The number of hydrogen-bond acceptors (Lipinski definition) is 9. The molecule has 4 rings (SSSR count). The van der Waals surface area contributed by atoms with Crippen LogP contribution in [0.5, 0.6) is 0 Å². The molecule has 0 aliphatic heterocycles. The van der Waals surface area contributed by atoms with E-state index in [1.165, 1.54) is 23.0 Å². The molecule has 0 amide bonds. The first-order chi connectivity index (χ1) is 14.8. The number of nitriles is 1. The van der Waals surface area contributed by atoms with Crippen molar-refractivity contribution in [3.8, 4) is 11.8 Å². The highest BCUT2D eigenvalue weighted by Crippen LogP contribution is 2.27. The standard InChI is InChI=1S/C18H14ClFN10O/c1-7(26-15-9(4-21)14(22)28-18(23)29-15)16-27-11-3-2-10(20)13(19)12(11)17(31)30(16)8-5-24-25-6-8/h2-3,5-7H,1H3,(H,24,25)(H5,22,23,26,28,29). The van der Waals surface area contributed by atoms with Gasteiger partial charge in [-0.3, -0.25) is 14.5 Å². The molecule has 1 aromatic carbocycles. The molecule has 6 N–H and O–H groups in total. The lowest BCUT2D eigenvalue weighted by Crippen LogP contribution is -2.27. The van der Waals surface area contributed by atoms with Crippen LogP contribution in [0.1, 0.15) is 24.4 Å². The summed E-state index contributed by atoms with van der Waals surface area (Å²) in [5.74, 6) is -0.666. The number of aromatic amines is 1. The van der Waals surface area contributed by atoms with E-state index in [1.54, 1.807) is 6.92 Å². The molecule has 3 heterocycles. The molecular weight excluding hydrogens is 427 g/mol. The molecular formula is C18H14ClFN10O. The third-order valence-electron chi connectivity index (χ3n) is 4.50. The number of H-pyrrole nitrogens is 1. The van der Waals surface area contributed by atoms with Crippen molar-refractivity contribution in [3.05, 3.63) is 57.1 Å². The second kappa shape index (κ2) is 7.54. The lowest BCUT2D eigenvalue weighted by atomic mass is 10.2. The summed E-state index contributed by atoms with van der Waals surface area (Å²) in [4.78, 5) is 25.6. The van der Waals surface area contributed by atoms with Gasteiger partial charge in [-0.15, -0.1) is 0 Å². The van der Waals surface area contributed by atoms with Crippen LogP contribution in [0, 0.1) is 17.1 Å². The fraction of sp³-hybridized carbons (Fsp3) is 0.111. The van der Waals surface area contributed by atoms with E-state index in [1.807, 2.05) is 6.07 Å². The van der Waals surface area contributed by atoms with Gasteiger partial charge < -0.3 is 16.8 Å². The highest BCUT2D eigenvalue weighted by Gasteiger charge is 2.23. The highest BCUT2D eigenvalue weighted by molar-refractivity contribution is 6.35. The van der Waals surface area contributed by atoms with Crippen molar-refractivity contribution in [1.82, 2.24) is 29.7 Å². The van der Waals surface area contributed by atoms with Crippen LogP contribution in [0.4, 0.5) is 22.0 Å². The normalized spacial score (nSPS) is 11.9. The molecule has 0 spiro atoms. The Kier molecular flexibility index (Phi) is 4.88. The number of rotatable bonds is 4.